The van der Waals surface area contributed by atoms with E-state index in [0.29, 0.717) is 6.42 Å². The van der Waals surface area contributed by atoms with Crippen LogP contribution >= 0.6 is 12.4 Å². The van der Waals surface area contributed by atoms with Crippen molar-refractivity contribution in [2.75, 3.05) is 26.7 Å². The van der Waals surface area contributed by atoms with Gasteiger partial charge in [0.25, 0.3) is 0 Å². The van der Waals surface area contributed by atoms with Crippen LogP contribution in [0.4, 0.5) is 0 Å². The monoisotopic (exact) mass is 336 g/mol. The molecule has 2 aromatic rings. The van der Waals surface area contributed by atoms with Gasteiger partial charge in [0.15, 0.2) is 0 Å². The molecule has 1 aliphatic rings. The van der Waals surface area contributed by atoms with E-state index in [1.54, 1.807) is 6.20 Å². The van der Waals surface area contributed by atoms with Gasteiger partial charge in [-0.1, -0.05) is 0 Å². The molecule has 1 amide bonds. The Morgan fingerprint density at radius 1 is 1.43 bits per heavy atom. The first-order valence-electron chi connectivity index (χ1n) is 8.11. The molecule has 0 aromatic carbocycles. The molecule has 6 heteroatoms. The number of nitrogens with zero attached hydrogens (tertiary/aromatic N) is 2. The maximum absolute atomic E-state index is 12.5. The van der Waals surface area contributed by atoms with Crippen LogP contribution in [0, 0.1) is 5.92 Å². The van der Waals surface area contributed by atoms with Gasteiger partial charge in [-0.15, -0.1) is 12.4 Å². The number of hydrogen-bond acceptors (Lipinski definition) is 3. The van der Waals surface area contributed by atoms with Crippen molar-refractivity contribution in [1.82, 2.24) is 20.2 Å². The van der Waals surface area contributed by atoms with Crippen LogP contribution in [0.3, 0.4) is 0 Å². The molecule has 0 radical (unpaired) electrons. The van der Waals surface area contributed by atoms with E-state index in [9.17, 15) is 4.79 Å². The molecule has 0 bridgehead atoms. The molecule has 0 spiro atoms. The molecule has 2 aromatic heterocycles. The lowest BCUT2D eigenvalue weighted by atomic mass is 9.93. The van der Waals surface area contributed by atoms with Gasteiger partial charge in [0.1, 0.15) is 5.65 Å². The third-order valence-corrected chi connectivity index (χ3v) is 4.65. The predicted molar refractivity (Wildman–Crippen MR) is 94.9 cm³/mol. The summed E-state index contributed by atoms with van der Waals surface area (Å²) >= 11 is 0. The smallest absolute Gasteiger partial charge is 0.227 e. The maximum atomic E-state index is 12.5. The molecule has 0 saturated carbocycles. The molecule has 1 aliphatic heterocycles. The van der Waals surface area contributed by atoms with E-state index in [0.717, 1.165) is 55.0 Å². The molecule has 5 nitrogen and oxygen atoms in total. The first-order valence-corrected chi connectivity index (χ1v) is 8.11. The highest BCUT2D eigenvalue weighted by Gasteiger charge is 2.23. The number of aromatic nitrogens is 2. The van der Waals surface area contributed by atoms with Crippen LogP contribution < -0.4 is 5.32 Å². The number of fused-ring (bicyclic) bond motifs is 1. The van der Waals surface area contributed by atoms with E-state index in [4.69, 9.17) is 0 Å². The SMILES string of the molecule is CNCCC1CCN(C(=O)Cc2c[nH]c3ncccc23)CC1.Cl. The molecule has 0 unspecified atom stereocenters. The van der Waals surface area contributed by atoms with Crippen molar-refractivity contribution in [3.05, 3.63) is 30.1 Å². The molecule has 0 aliphatic carbocycles. The Labute approximate surface area is 143 Å². The Hall–Kier alpha value is -1.59. The highest BCUT2D eigenvalue weighted by molar-refractivity contribution is 5.87. The number of likely N-dealkylation sites (tertiary alicyclic amines) is 1. The van der Waals surface area contributed by atoms with E-state index in [1.807, 2.05) is 30.3 Å². The van der Waals surface area contributed by atoms with Crippen LogP contribution in [-0.4, -0.2) is 47.5 Å². The summed E-state index contributed by atoms with van der Waals surface area (Å²) in [6, 6.07) is 3.93. The number of piperidine rings is 1. The summed E-state index contributed by atoms with van der Waals surface area (Å²) < 4.78 is 0. The molecular weight excluding hydrogens is 312 g/mol. The molecular formula is C17H25ClN4O. The van der Waals surface area contributed by atoms with Crippen molar-refractivity contribution in [1.29, 1.82) is 0 Å². The number of pyridine rings is 1. The Bertz CT molecular complexity index is 634. The predicted octanol–water partition coefficient (Wildman–Crippen LogP) is 2.38. The highest BCUT2D eigenvalue weighted by atomic mass is 35.5. The maximum Gasteiger partial charge on any atom is 0.227 e. The molecule has 3 rings (SSSR count). The summed E-state index contributed by atoms with van der Waals surface area (Å²) in [5.74, 6) is 0.991. The fraction of sp³-hybridized carbons (Fsp3) is 0.529. The van der Waals surface area contributed by atoms with Crippen molar-refractivity contribution in [3.63, 3.8) is 0 Å². The average Bonchev–Trinajstić information content (AvgIpc) is 2.96. The average molecular weight is 337 g/mol. The second-order valence-corrected chi connectivity index (χ2v) is 6.11. The van der Waals surface area contributed by atoms with Crippen LogP contribution in [0.1, 0.15) is 24.8 Å². The summed E-state index contributed by atoms with van der Waals surface area (Å²) in [6.45, 7) is 2.86. The Morgan fingerprint density at radius 3 is 2.96 bits per heavy atom. The molecule has 23 heavy (non-hydrogen) atoms. The minimum Gasteiger partial charge on any atom is -0.346 e. The van der Waals surface area contributed by atoms with Gasteiger partial charge in [0, 0.05) is 30.9 Å². The van der Waals surface area contributed by atoms with E-state index >= 15 is 0 Å². The zero-order valence-corrected chi connectivity index (χ0v) is 14.4. The van der Waals surface area contributed by atoms with E-state index < -0.39 is 0 Å². The Morgan fingerprint density at radius 2 is 2.22 bits per heavy atom. The number of carbonyl (C=O) groups is 1. The van der Waals surface area contributed by atoms with Crippen LogP contribution in [0.25, 0.3) is 11.0 Å². The summed E-state index contributed by atoms with van der Waals surface area (Å²) in [5.41, 5.74) is 1.90. The number of hydrogen-bond donors (Lipinski definition) is 2. The zero-order valence-electron chi connectivity index (χ0n) is 13.5. The second-order valence-electron chi connectivity index (χ2n) is 6.11. The van der Waals surface area contributed by atoms with E-state index in [-0.39, 0.29) is 18.3 Å². The summed E-state index contributed by atoms with van der Waals surface area (Å²) in [7, 11) is 1.99. The largest absolute Gasteiger partial charge is 0.346 e. The number of aromatic amines is 1. The molecule has 1 saturated heterocycles. The minimum atomic E-state index is 0. The van der Waals surface area contributed by atoms with Crippen LogP contribution in [0.5, 0.6) is 0 Å². The molecule has 126 valence electrons. The summed E-state index contributed by atoms with van der Waals surface area (Å²) in [6.07, 6.45) is 7.61. The first kappa shape index (κ1) is 17.8. The third kappa shape index (κ3) is 4.24. The van der Waals surface area contributed by atoms with Gasteiger partial charge in [0.2, 0.25) is 5.91 Å². The van der Waals surface area contributed by atoms with Crippen LogP contribution in [-0.2, 0) is 11.2 Å². The first-order chi connectivity index (χ1) is 10.8. The number of H-pyrrole nitrogens is 1. The van der Waals surface area contributed by atoms with Crippen LogP contribution in [0.15, 0.2) is 24.5 Å². The number of halogens is 1. The van der Waals surface area contributed by atoms with Gasteiger partial charge >= 0.3 is 0 Å². The molecule has 0 atom stereocenters. The van der Waals surface area contributed by atoms with Gasteiger partial charge in [-0.05, 0) is 56.5 Å². The zero-order chi connectivity index (χ0) is 15.4. The number of carbonyl (C=O) groups excluding carboxylic acids is 1. The quantitative estimate of drug-likeness (QED) is 0.881. The normalized spacial score (nSPS) is 15.6. The fourth-order valence-corrected chi connectivity index (χ4v) is 3.25. The lowest BCUT2D eigenvalue weighted by molar-refractivity contribution is -0.131. The second kappa shape index (κ2) is 8.31. The molecule has 1 fully saturated rings. The van der Waals surface area contributed by atoms with E-state index in [2.05, 4.69) is 15.3 Å². The highest BCUT2D eigenvalue weighted by Crippen LogP contribution is 2.22. The van der Waals surface area contributed by atoms with Gasteiger partial charge < -0.3 is 15.2 Å². The Kier molecular flexibility index (Phi) is 6.42. The number of rotatable bonds is 5. The minimum absolute atomic E-state index is 0. The topological polar surface area (TPSA) is 61.0 Å². The number of amides is 1. The molecule has 3 heterocycles. The van der Waals surface area contributed by atoms with Crippen molar-refractivity contribution in [3.8, 4) is 0 Å². The van der Waals surface area contributed by atoms with Crippen molar-refractivity contribution in [2.24, 2.45) is 5.92 Å². The van der Waals surface area contributed by atoms with E-state index in [1.165, 1.54) is 6.42 Å². The van der Waals surface area contributed by atoms with Crippen molar-refractivity contribution < 1.29 is 4.79 Å². The van der Waals surface area contributed by atoms with Crippen molar-refractivity contribution in [2.45, 2.75) is 25.7 Å². The van der Waals surface area contributed by atoms with Crippen molar-refractivity contribution >= 4 is 29.3 Å². The fourth-order valence-electron chi connectivity index (χ4n) is 3.25. The Balaban J connectivity index is 0.00000192. The summed E-state index contributed by atoms with van der Waals surface area (Å²) in [4.78, 5) is 21.9. The lowest BCUT2D eigenvalue weighted by Crippen LogP contribution is -2.39. The lowest BCUT2D eigenvalue weighted by Gasteiger charge is -2.32. The van der Waals surface area contributed by atoms with Gasteiger partial charge in [-0.3, -0.25) is 4.79 Å². The third-order valence-electron chi connectivity index (χ3n) is 4.65. The van der Waals surface area contributed by atoms with Gasteiger partial charge in [-0.25, -0.2) is 4.98 Å². The summed E-state index contributed by atoms with van der Waals surface area (Å²) in [5, 5.41) is 4.26. The standard InChI is InChI=1S/C17H24N4O.ClH/c1-18-8-4-13-5-9-21(10-6-13)16(22)11-14-12-20-17-15(14)3-2-7-19-17;/h2-3,7,12-13,18H,4-6,8-11H2,1H3,(H,19,20);1H. The van der Waals surface area contributed by atoms with Crippen LogP contribution in [0.2, 0.25) is 0 Å². The number of nitrogens with one attached hydrogen (secondary N) is 2. The van der Waals surface area contributed by atoms with Gasteiger partial charge in [-0.2, -0.15) is 0 Å². The van der Waals surface area contributed by atoms with Gasteiger partial charge in [0.05, 0.1) is 6.42 Å². The molecule has 2 N–H and O–H groups in total.